The molecule has 3 heteroatoms. The molecule has 0 spiro atoms. The van der Waals surface area contributed by atoms with E-state index in [0.717, 1.165) is 31.4 Å². The first-order chi connectivity index (χ1) is 8.17. The zero-order valence-corrected chi connectivity index (χ0v) is 9.99. The summed E-state index contributed by atoms with van der Waals surface area (Å²) in [7, 11) is 0. The van der Waals surface area contributed by atoms with Crippen LogP contribution in [0.3, 0.4) is 0 Å². The van der Waals surface area contributed by atoms with Crippen molar-refractivity contribution >= 4 is 5.78 Å². The summed E-state index contributed by atoms with van der Waals surface area (Å²) in [6.07, 6.45) is 2.42. The van der Waals surface area contributed by atoms with Gasteiger partial charge in [0, 0.05) is 0 Å². The minimum Gasteiger partial charge on any atom is -0.508 e. The van der Waals surface area contributed by atoms with Gasteiger partial charge in [-0.15, -0.1) is 0 Å². The lowest BCUT2D eigenvalue weighted by atomic mass is 9.62. The summed E-state index contributed by atoms with van der Waals surface area (Å²) >= 11 is 0. The number of nitrogens with one attached hydrogen (secondary N) is 1. The highest BCUT2D eigenvalue weighted by Crippen LogP contribution is 2.43. The molecule has 0 radical (unpaired) electrons. The second-order valence-electron chi connectivity index (χ2n) is 5.10. The predicted octanol–water partition coefficient (Wildman–Crippen LogP) is 1.53. The van der Waals surface area contributed by atoms with Crippen LogP contribution in [0.1, 0.15) is 30.9 Å². The highest BCUT2D eigenvalue weighted by Gasteiger charge is 2.48. The SMILES string of the molecule is CCC12CCNC(Cc3ccc(O)cc31)C2=O. The molecule has 0 amide bonds. The van der Waals surface area contributed by atoms with Crippen LogP contribution in [0.5, 0.6) is 5.75 Å². The van der Waals surface area contributed by atoms with Gasteiger partial charge in [-0.3, -0.25) is 4.79 Å². The molecule has 0 aromatic heterocycles. The second-order valence-corrected chi connectivity index (χ2v) is 5.10. The minimum atomic E-state index is -0.359. The first kappa shape index (κ1) is 10.8. The van der Waals surface area contributed by atoms with Crippen LogP contribution in [0.4, 0.5) is 0 Å². The van der Waals surface area contributed by atoms with E-state index in [1.165, 1.54) is 5.56 Å². The number of phenols is 1. The molecule has 1 saturated heterocycles. The van der Waals surface area contributed by atoms with Crippen LogP contribution in [0.15, 0.2) is 18.2 Å². The van der Waals surface area contributed by atoms with Crippen LogP contribution in [0.25, 0.3) is 0 Å². The van der Waals surface area contributed by atoms with E-state index in [1.807, 2.05) is 6.07 Å². The van der Waals surface area contributed by atoms with Gasteiger partial charge in [0.2, 0.25) is 0 Å². The van der Waals surface area contributed by atoms with Gasteiger partial charge in [-0.1, -0.05) is 13.0 Å². The Balaban J connectivity index is 2.23. The van der Waals surface area contributed by atoms with Crippen molar-refractivity contribution in [2.45, 2.75) is 37.6 Å². The van der Waals surface area contributed by atoms with Crippen LogP contribution in [-0.2, 0) is 16.6 Å². The minimum absolute atomic E-state index is 0.0271. The van der Waals surface area contributed by atoms with E-state index in [0.29, 0.717) is 5.78 Å². The van der Waals surface area contributed by atoms with Crippen LogP contribution in [-0.4, -0.2) is 23.5 Å². The lowest BCUT2D eigenvalue weighted by molar-refractivity contribution is -0.129. The number of fused-ring (bicyclic) bond motifs is 4. The quantitative estimate of drug-likeness (QED) is 0.770. The fraction of sp³-hybridized carbons (Fsp3) is 0.500. The van der Waals surface area contributed by atoms with Crippen molar-refractivity contribution in [3.8, 4) is 5.75 Å². The smallest absolute Gasteiger partial charge is 0.160 e. The van der Waals surface area contributed by atoms with Gasteiger partial charge in [-0.25, -0.2) is 0 Å². The maximum Gasteiger partial charge on any atom is 0.160 e. The van der Waals surface area contributed by atoms with E-state index in [2.05, 4.69) is 12.2 Å². The van der Waals surface area contributed by atoms with Crippen molar-refractivity contribution in [1.82, 2.24) is 5.32 Å². The average Bonchev–Trinajstić information content (AvgIpc) is 2.32. The molecule has 2 atom stereocenters. The van der Waals surface area contributed by atoms with E-state index in [4.69, 9.17) is 0 Å². The van der Waals surface area contributed by atoms with Crippen molar-refractivity contribution < 1.29 is 9.90 Å². The number of aromatic hydroxyl groups is 1. The summed E-state index contributed by atoms with van der Waals surface area (Å²) in [6, 6.07) is 5.44. The third kappa shape index (κ3) is 1.35. The van der Waals surface area contributed by atoms with Gasteiger partial charge in [0.25, 0.3) is 0 Å². The maximum absolute atomic E-state index is 12.5. The molecule has 1 aliphatic heterocycles. The van der Waals surface area contributed by atoms with E-state index in [9.17, 15) is 9.90 Å². The Morgan fingerprint density at radius 3 is 3.12 bits per heavy atom. The molecular formula is C14H17NO2. The van der Waals surface area contributed by atoms with Gasteiger partial charge in [0.1, 0.15) is 5.75 Å². The first-order valence-corrected chi connectivity index (χ1v) is 6.27. The molecule has 1 aliphatic carbocycles. The Labute approximate surface area is 101 Å². The number of hydrogen-bond acceptors (Lipinski definition) is 3. The van der Waals surface area contributed by atoms with Gasteiger partial charge >= 0.3 is 0 Å². The number of benzene rings is 1. The number of piperidine rings is 1. The summed E-state index contributed by atoms with van der Waals surface area (Å²) in [4.78, 5) is 12.5. The Kier molecular flexibility index (Phi) is 2.26. The standard InChI is InChI=1S/C14H17NO2/c1-2-14-5-6-15-12(13(14)17)7-9-3-4-10(16)8-11(9)14/h3-4,8,12,15-16H,2,5-7H2,1H3. The largest absolute Gasteiger partial charge is 0.508 e. The molecule has 0 saturated carbocycles. The van der Waals surface area contributed by atoms with Gasteiger partial charge < -0.3 is 10.4 Å². The number of Topliss-reactive ketones (excluding diaryl/α,β-unsaturated/α-hetero) is 1. The number of rotatable bonds is 1. The van der Waals surface area contributed by atoms with Crippen molar-refractivity contribution in [3.63, 3.8) is 0 Å². The number of phenolic OH excluding ortho intramolecular Hbond substituents is 1. The molecule has 2 unspecified atom stereocenters. The van der Waals surface area contributed by atoms with Crippen LogP contribution in [0, 0.1) is 0 Å². The Morgan fingerprint density at radius 1 is 1.53 bits per heavy atom. The third-order valence-electron chi connectivity index (χ3n) is 4.37. The number of ketones is 1. The normalized spacial score (nSPS) is 31.1. The van der Waals surface area contributed by atoms with Crippen molar-refractivity contribution in [3.05, 3.63) is 29.3 Å². The Bertz CT molecular complexity index is 483. The van der Waals surface area contributed by atoms with E-state index >= 15 is 0 Å². The molecule has 3 rings (SSSR count). The highest BCUT2D eigenvalue weighted by atomic mass is 16.3. The molecule has 17 heavy (non-hydrogen) atoms. The second kappa shape index (κ2) is 3.57. The topological polar surface area (TPSA) is 49.3 Å². The zero-order valence-electron chi connectivity index (χ0n) is 9.99. The van der Waals surface area contributed by atoms with Crippen molar-refractivity contribution in [1.29, 1.82) is 0 Å². The number of carbonyl (C=O) groups excluding carboxylic acids is 1. The van der Waals surface area contributed by atoms with Gasteiger partial charge in [0.15, 0.2) is 5.78 Å². The summed E-state index contributed by atoms with van der Waals surface area (Å²) in [6.45, 7) is 2.96. The lowest BCUT2D eigenvalue weighted by Crippen LogP contribution is -2.59. The molecular weight excluding hydrogens is 214 g/mol. The molecule has 1 aromatic rings. The fourth-order valence-corrected chi connectivity index (χ4v) is 3.39. The third-order valence-corrected chi connectivity index (χ3v) is 4.37. The average molecular weight is 231 g/mol. The monoisotopic (exact) mass is 231 g/mol. The van der Waals surface area contributed by atoms with Gasteiger partial charge in [-0.2, -0.15) is 0 Å². The summed E-state index contributed by atoms with van der Waals surface area (Å²) in [5.41, 5.74) is 1.91. The van der Waals surface area contributed by atoms with Gasteiger partial charge in [0.05, 0.1) is 11.5 Å². The summed E-state index contributed by atoms with van der Waals surface area (Å²) in [5, 5.41) is 13.0. The van der Waals surface area contributed by atoms with Crippen LogP contribution < -0.4 is 5.32 Å². The van der Waals surface area contributed by atoms with Crippen molar-refractivity contribution in [2.75, 3.05) is 6.54 Å². The lowest BCUT2D eigenvalue weighted by Gasteiger charge is -2.45. The van der Waals surface area contributed by atoms with Crippen LogP contribution in [0.2, 0.25) is 0 Å². The van der Waals surface area contributed by atoms with E-state index in [1.54, 1.807) is 12.1 Å². The van der Waals surface area contributed by atoms with Gasteiger partial charge in [-0.05, 0) is 49.1 Å². The summed E-state index contributed by atoms with van der Waals surface area (Å²) < 4.78 is 0. The highest BCUT2D eigenvalue weighted by molar-refractivity contribution is 5.97. The van der Waals surface area contributed by atoms with E-state index < -0.39 is 0 Å². The molecule has 2 bridgehead atoms. The maximum atomic E-state index is 12.5. The first-order valence-electron chi connectivity index (χ1n) is 6.27. The predicted molar refractivity (Wildman–Crippen MR) is 65.2 cm³/mol. The molecule has 1 aromatic carbocycles. The Morgan fingerprint density at radius 2 is 2.35 bits per heavy atom. The van der Waals surface area contributed by atoms with E-state index in [-0.39, 0.29) is 17.2 Å². The number of carbonyl (C=O) groups is 1. The van der Waals surface area contributed by atoms with Crippen LogP contribution >= 0.6 is 0 Å². The molecule has 90 valence electrons. The fourth-order valence-electron chi connectivity index (χ4n) is 3.39. The zero-order chi connectivity index (χ0) is 12.0. The molecule has 2 aliphatic rings. The Hall–Kier alpha value is -1.35. The molecule has 1 heterocycles. The molecule has 3 nitrogen and oxygen atoms in total. The number of hydrogen-bond donors (Lipinski definition) is 2. The summed E-state index contributed by atoms with van der Waals surface area (Å²) in [5.74, 6) is 0.575. The molecule has 2 N–H and O–H groups in total. The molecule has 1 fully saturated rings. The van der Waals surface area contributed by atoms with Crippen molar-refractivity contribution in [2.24, 2.45) is 0 Å².